The van der Waals surface area contributed by atoms with Gasteiger partial charge in [0.15, 0.2) is 5.78 Å². The Bertz CT molecular complexity index is 264. The second-order valence-corrected chi connectivity index (χ2v) is 4.99. The first-order valence-corrected chi connectivity index (χ1v) is 5.74. The fourth-order valence-corrected chi connectivity index (χ4v) is 2.41. The maximum absolute atomic E-state index is 12.1. The van der Waals surface area contributed by atoms with Crippen LogP contribution in [0.15, 0.2) is 11.6 Å². The summed E-state index contributed by atoms with van der Waals surface area (Å²) in [6, 6.07) is 0. The highest BCUT2D eigenvalue weighted by Gasteiger charge is 2.40. The summed E-state index contributed by atoms with van der Waals surface area (Å²) in [6.45, 7) is 6.10. The van der Waals surface area contributed by atoms with Crippen LogP contribution in [-0.2, 0) is 9.53 Å². The molecule has 0 spiro atoms. The molecular formula is C13H22O2. The second kappa shape index (κ2) is 4.93. The van der Waals surface area contributed by atoms with Gasteiger partial charge in [0.2, 0.25) is 0 Å². The first-order valence-electron chi connectivity index (χ1n) is 5.74. The zero-order valence-electron chi connectivity index (χ0n) is 10.3. The Labute approximate surface area is 92.7 Å². The SMILES string of the molecule is COC1(C(=O)C=C(C)C)CCCC(C)C1. The highest BCUT2D eigenvalue weighted by atomic mass is 16.5. The second-order valence-electron chi connectivity index (χ2n) is 4.99. The van der Waals surface area contributed by atoms with E-state index in [0.717, 1.165) is 24.8 Å². The number of hydrogen-bond acceptors (Lipinski definition) is 2. The molecule has 1 aliphatic rings. The molecule has 0 heterocycles. The topological polar surface area (TPSA) is 26.3 Å². The first-order chi connectivity index (χ1) is 7.00. The lowest BCUT2D eigenvalue weighted by Crippen LogP contribution is -2.43. The van der Waals surface area contributed by atoms with Gasteiger partial charge in [0, 0.05) is 7.11 Å². The van der Waals surface area contributed by atoms with E-state index < -0.39 is 5.60 Å². The molecule has 2 nitrogen and oxygen atoms in total. The Morgan fingerprint density at radius 3 is 2.60 bits per heavy atom. The maximum atomic E-state index is 12.1. The van der Waals surface area contributed by atoms with E-state index in [1.807, 2.05) is 13.8 Å². The van der Waals surface area contributed by atoms with E-state index >= 15 is 0 Å². The molecule has 0 aromatic heterocycles. The minimum Gasteiger partial charge on any atom is -0.370 e. The van der Waals surface area contributed by atoms with Crippen molar-refractivity contribution in [1.82, 2.24) is 0 Å². The third-order valence-corrected chi connectivity index (χ3v) is 3.22. The molecule has 0 aliphatic heterocycles. The van der Waals surface area contributed by atoms with E-state index in [1.54, 1.807) is 13.2 Å². The summed E-state index contributed by atoms with van der Waals surface area (Å²) in [7, 11) is 1.66. The van der Waals surface area contributed by atoms with Crippen molar-refractivity contribution < 1.29 is 9.53 Å². The molecule has 2 atom stereocenters. The number of carbonyl (C=O) groups excluding carboxylic acids is 1. The zero-order chi connectivity index (χ0) is 11.5. The molecule has 0 radical (unpaired) electrons. The Morgan fingerprint density at radius 2 is 2.13 bits per heavy atom. The number of ketones is 1. The van der Waals surface area contributed by atoms with Gasteiger partial charge in [0.25, 0.3) is 0 Å². The molecule has 1 rings (SSSR count). The van der Waals surface area contributed by atoms with Gasteiger partial charge in [-0.25, -0.2) is 0 Å². The van der Waals surface area contributed by atoms with Gasteiger partial charge in [0.1, 0.15) is 5.60 Å². The van der Waals surface area contributed by atoms with E-state index in [4.69, 9.17) is 4.74 Å². The normalized spacial score (nSPS) is 31.1. The van der Waals surface area contributed by atoms with Gasteiger partial charge < -0.3 is 4.74 Å². The molecule has 2 heteroatoms. The molecular weight excluding hydrogens is 188 g/mol. The van der Waals surface area contributed by atoms with Gasteiger partial charge >= 0.3 is 0 Å². The predicted molar refractivity (Wildman–Crippen MR) is 61.8 cm³/mol. The van der Waals surface area contributed by atoms with Crippen molar-refractivity contribution in [1.29, 1.82) is 0 Å². The fraction of sp³-hybridized carbons (Fsp3) is 0.769. The van der Waals surface area contributed by atoms with Gasteiger partial charge in [-0.05, 0) is 45.1 Å². The van der Waals surface area contributed by atoms with Gasteiger partial charge in [-0.2, -0.15) is 0 Å². The predicted octanol–water partition coefficient (Wildman–Crippen LogP) is 3.12. The Kier molecular flexibility index (Phi) is 4.09. The summed E-state index contributed by atoms with van der Waals surface area (Å²) in [6.07, 6.45) is 5.77. The Morgan fingerprint density at radius 1 is 1.47 bits per heavy atom. The zero-order valence-corrected chi connectivity index (χ0v) is 10.3. The quantitative estimate of drug-likeness (QED) is 0.669. The van der Waals surface area contributed by atoms with Crippen molar-refractivity contribution in [2.45, 2.75) is 52.1 Å². The summed E-state index contributed by atoms with van der Waals surface area (Å²) in [5, 5.41) is 0. The molecule has 1 aliphatic carbocycles. The first kappa shape index (κ1) is 12.4. The number of ether oxygens (including phenoxy) is 1. The standard InChI is InChI=1S/C13H22O2/c1-10(2)8-12(14)13(15-4)7-5-6-11(3)9-13/h8,11H,5-7,9H2,1-4H3. The third kappa shape index (κ3) is 2.91. The maximum Gasteiger partial charge on any atom is 0.187 e. The minimum absolute atomic E-state index is 0.150. The van der Waals surface area contributed by atoms with Crippen LogP contribution in [0, 0.1) is 5.92 Å². The van der Waals surface area contributed by atoms with Gasteiger partial charge in [-0.3, -0.25) is 4.79 Å². The molecule has 1 saturated carbocycles. The van der Waals surface area contributed by atoms with Crippen molar-refractivity contribution in [2.75, 3.05) is 7.11 Å². The molecule has 86 valence electrons. The van der Waals surface area contributed by atoms with Gasteiger partial charge in [0.05, 0.1) is 0 Å². The largest absolute Gasteiger partial charge is 0.370 e. The van der Waals surface area contributed by atoms with E-state index in [-0.39, 0.29) is 5.78 Å². The van der Waals surface area contributed by atoms with E-state index in [2.05, 4.69) is 6.92 Å². The van der Waals surface area contributed by atoms with Crippen LogP contribution >= 0.6 is 0 Å². The summed E-state index contributed by atoms with van der Waals surface area (Å²) in [4.78, 5) is 12.1. The summed E-state index contributed by atoms with van der Waals surface area (Å²) in [5.41, 5.74) is 0.518. The summed E-state index contributed by atoms with van der Waals surface area (Å²) >= 11 is 0. The van der Waals surface area contributed by atoms with Crippen LogP contribution < -0.4 is 0 Å². The Hall–Kier alpha value is -0.630. The fourth-order valence-electron chi connectivity index (χ4n) is 2.41. The third-order valence-electron chi connectivity index (χ3n) is 3.22. The lowest BCUT2D eigenvalue weighted by molar-refractivity contribution is -0.141. The van der Waals surface area contributed by atoms with Crippen molar-refractivity contribution >= 4 is 5.78 Å². The van der Waals surface area contributed by atoms with Crippen molar-refractivity contribution in [2.24, 2.45) is 5.92 Å². The van der Waals surface area contributed by atoms with Crippen LogP contribution in [0.5, 0.6) is 0 Å². The van der Waals surface area contributed by atoms with Crippen molar-refractivity contribution in [3.05, 3.63) is 11.6 Å². The number of carbonyl (C=O) groups is 1. The summed E-state index contributed by atoms with van der Waals surface area (Å²) in [5.74, 6) is 0.741. The molecule has 15 heavy (non-hydrogen) atoms. The molecule has 0 bridgehead atoms. The van der Waals surface area contributed by atoms with E-state index in [9.17, 15) is 4.79 Å². The molecule has 1 fully saturated rings. The lowest BCUT2D eigenvalue weighted by atomic mass is 9.76. The van der Waals surface area contributed by atoms with Crippen LogP contribution in [0.25, 0.3) is 0 Å². The Balaban J connectivity index is 2.84. The number of hydrogen-bond donors (Lipinski definition) is 0. The average Bonchev–Trinajstić information content (AvgIpc) is 2.16. The van der Waals surface area contributed by atoms with Crippen molar-refractivity contribution in [3.8, 4) is 0 Å². The molecule has 0 aromatic carbocycles. The van der Waals surface area contributed by atoms with Crippen molar-refractivity contribution in [3.63, 3.8) is 0 Å². The van der Waals surface area contributed by atoms with Gasteiger partial charge in [-0.15, -0.1) is 0 Å². The number of methoxy groups -OCH3 is 1. The van der Waals surface area contributed by atoms with E-state index in [1.165, 1.54) is 6.42 Å². The van der Waals surface area contributed by atoms with Crippen LogP contribution in [-0.4, -0.2) is 18.5 Å². The average molecular weight is 210 g/mol. The lowest BCUT2D eigenvalue weighted by Gasteiger charge is -2.36. The minimum atomic E-state index is -0.533. The highest BCUT2D eigenvalue weighted by Crippen LogP contribution is 2.35. The summed E-state index contributed by atoms with van der Waals surface area (Å²) < 4.78 is 5.52. The number of allylic oxidation sites excluding steroid dienone is 1. The molecule has 0 amide bonds. The number of rotatable bonds is 3. The molecule has 0 N–H and O–H groups in total. The highest BCUT2D eigenvalue weighted by molar-refractivity contribution is 5.97. The van der Waals surface area contributed by atoms with Crippen LogP contribution in [0.1, 0.15) is 46.5 Å². The molecule has 2 unspecified atom stereocenters. The van der Waals surface area contributed by atoms with Crippen LogP contribution in [0.4, 0.5) is 0 Å². The smallest absolute Gasteiger partial charge is 0.187 e. The van der Waals surface area contributed by atoms with Gasteiger partial charge in [-0.1, -0.05) is 18.9 Å². The molecule has 0 aromatic rings. The monoisotopic (exact) mass is 210 g/mol. The van der Waals surface area contributed by atoms with Crippen LogP contribution in [0.2, 0.25) is 0 Å². The molecule has 0 saturated heterocycles. The van der Waals surface area contributed by atoms with Crippen LogP contribution in [0.3, 0.4) is 0 Å². The van der Waals surface area contributed by atoms with E-state index in [0.29, 0.717) is 5.92 Å².